The summed E-state index contributed by atoms with van der Waals surface area (Å²) in [5.74, 6) is 1.17. The van der Waals surface area contributed by atoms with E-state index in [2.05, 4.69) is 18.5 Å². The van der Waals surface area contributed by atoms with Crippen LogP contribution in [0.3, 0.4) is 0 Å². The fourth-order valence-corrected chi connectivity index (χ4v) is 1.66. The monoisotopic (exact) mass is 177 g/mol. The predicted molar refractivity (Wildman–Crippen MR) is 52.2 cm³/mol. The van der Waals surface area contributed by atoms with Gasteiger partial charge in [-0.15, -0.1) is 0 Å². The minimum atomic E-state index is 0.294. The van der Waals surface area contributed by atoms with Gasteiger partial charge in [-0.1, -0.05) is 6.92 Å². The van der Waals surface area contributed by atoms with Gasteiger partial charge in [0.2, 0.25) is 0 Å². The molecule has 2 N–H and O–H groups in total. The molecule has 0 heterocycles. The minimum Gasteiger partial charge on any atom is -0.396 e. The lowest BCUT2D eigenvalue weighted by Crippen LogP contribution is -2.31. The average molecular weight is 177 g/mol. The van der Waals surface area contributed by atoms with Gasteiger partial charge >= 0.3 is 0 Å². The summed E-state index contributed by atoms with van der Waals surface area (Å²) < 4.78 is 0. The first-order valence-electron chi connectivity index (χ1n) is 4.18. The van der Waals surface area contributed by atoms with E-state index in [1.165, 1.54) is 12.2 Å². The van der Waals surface area contributed by atoms with E-state index in [4.69, 9.17) is 5.11 Å². The maximum absolute atomic E-state index is 8.54. The number of aliphatic hydroxyl groups is 1. The van der Waals surface area contributed by atoms with Crippen LogP contribution in [0.2, 0.25) is 0 Å². The highest BCUT2D eigenvalue weighted by Crippen LogP contribution is 2.00. The fourth-order valence-electron chi connectivity index (χ4n) is 0.908. The number of hydrogen-bond donors (Lipinski definition) is 2. The van der Waals surface area contributed by atoms with E-state index >= 15 is 0 Å². The normalized spacial score (nSPS) is 13.4. The maximum Gasteiger partial charge on any atom is 0.0443 e. The molecule has 0 saturated heterocycles. The Morgan fingerprint density at radius 2 is 2.27 bits per heavy atom. The molecule has 1 unspecified atom stereocenters. The fraction of sp³-hybridized carbons (Fsp3) is 1.00. The zero-order valence-corrected chi connectivity index (χ0v) is 8.28. The zero-order valence-electron chi connectivity index (χ0n) is 7.47. The van der Waals surface area contributed by atoms with Crippen LogP contribution in [0.1, 0.15) is 19.8 Å². The van der Waals surface area contributed by atoms with Crippen molar-refractivity contribution in [1.82, 2.24) is 5.32 Å². The minimum absolute atomic E-state index is 0.294. The number of aliphatic hydroxyl groups excluding tert-OH is 1. The van der Waals surface area contributed by atoms with E-state index in [1.807, 2.05) is 11.8 Å². The van der Waals surface area contributed by atoms with Crippen LogP contribution in [0.4, 0.5) is 0 Å². The Balaban J connectivity index is 3.20. The topological polar surface area (TPSA) is 32.3 Å². The molecule has 0 aliphatic rings. The van der Waals surface area contributed by atoms with Crippen LogP contribution in [-0.4, -0.2) is 36.3 Å². The molecule has 0 saturated carbocycles. The van der Waals surface area contributed by atoms with Crippen molar-refractivity contribution in [3.05, 3.63) is 0 Å². The Bertz CT molecular complexity index is 80.5. The molecule has 11 heavy (non-hydrogen) atoms. The van der Waals surface area contributed by atoms with Crippen LogP contribution < -0.4 is 5.32 Å². The van der Waals surface area contributed by atoms with Crippen LogP contribution >= 0.6 is 11.8 Å². The molecule has 0 aliphatic heterocycles. The summed E-state index contributed by atoms with van der Waals surface area (Å²) in [7, 11) is 0. The highest BCUT2D eigenvalue weighted by Gasteiger charge is 2.02. The van der Waals surface area contributed by atoms with E-state index in [0.29, 0.717) is 12.6 Å². The second-order valence-corrected chi connectivity index (χ2v) is 3.50. The van der Waals surface area contributed by atoms with Crippen LogP contribution in [-0.2, 0) is 0 Å². The van der Waals surface area contributed by atoms with Gasteiger partial charge in [0, 0.05) is 18.4 Å². The largest absolute Gasteiger partial charge is 0.396 e. The molecule has 0 fully saturated rings. The summed E-state index contributed by atoms with van der Waals surface area (Å²) in [4.78, 5) is 0. The summed E-state index contributed by atoms with van der Waals surface area (Å²) in [5.41, 5.74) is 0. The van der Waals surface area contributed by atoms with Gasteiger partial charge in [-0.3, -0.25) is 0 Å². The molecule has 0 aromatic heterocycles. The second kappa shape index (κ2) is 8.37. The molecule has 68 valence electrons. The van der Waals surface area contributed by atoms with Crippen molar-refractivity contribution in [1.29, 1.82) is 0 Å². The SMILES string of the molecule is CCC(CSC)NCCCO. The van der Waals surface area contributed by atoms with Crippen molar-refractivity contribution in [2.75, 3.05) is 25.2 Å². The molecule has 0 rings (SSSR count). The van der Waals surface area contributed by atoms with E-state index in [1.54, 1.807) is 0 Å². The van der Waals surface area contributed by atoms with Crippen molar-refractivity contribution < 1.29 is 5.11 Å². The molecule has 0 aliphatic carbocycles. The van der Waals surface area contributed by atoms with Crippen LogP contribution in [0.25, 0.3) is 0 Å². The molecule has 0 radical (unpaired) electrons. The first kappa shape index (κ1) is 11.3. The van der Waals surface area contributed by atoms with Gasteiger partial charge in [-0.25, -0.2) is 0 Å². The van der Waals surface area contributed by atoms with Gasteiger partial charge < -0.3 is 10.4 Å². The lowest BCUT2D eigenvalue weighted by atomic mass is 10.2. The zero-order chi connectivity index (χ0) is 8.53. The Hall–Kier alpha value is 0.270. The first-order valence-corrected chi connectivity index (χ1v) is 5.57. The Labute approximate surface area is 73.8 Å². The molecular weight excluding hydrogens is 158 g/mol. The van der Waals surface area contributed by atoms with Crippen LogP contribution in [0.15, 0.2) is 0 Å². The second-order valence-electron chi connectivity index (χ2n) is 2.59. The van der Waals surface area contributed by atoms with Gasteiger partial charge in [-0.05, 0) is 25.6 Å². The summed E-state index contributed by atoms with van der Waals surface area (Å²) in [5, 5.41) is 11.9. The summed E-state index contributed by atoms with van der Waals surface area (Å²) in [6.07, 6.45) is 4.16. The summed E-state index contributed by atoms with van der Waals surface area (Å²) in [6.45, 7) is 3.42. The molecule has 3 heteroatoms. The highest BCUT2D eigenvalue weighted by molar-refractivity contribution is 7.98. The third-order valence-electron chi connectivity index (χ3n) is 1.63. The summed E-state index contributed by atoms with van der Waals surface area (Å²) in [6, 6.07) is 0.622. The Kier molecular flexibility index (Phi) is 8.57. The van der Waals surface area contributed by atoms with Gasteiger partial charge in [0.15, 0.2) is 0 Å². The number of thioether (sulfide) groups is 1. The van der Waals surface area contributed by atoms with Crippen molar-refractivity contribution in [3.63, 3.8) is 0 Å². The van der Waals surface area contributed by atoms with E-state index < -0.39 is 0 Å². The first-order chi connectivity index (χ1) is 5.35. The van der Waals surface area contributed by atoms with Crippen LogP contribution in [0.5, 0.6) is 0 Å². The average Bonchev–Trinajstić information content (AvgIpc) is 2.03. The lowest BCUT2D eigenvalue weighted by Gasteiger charge is -2.14. The van der Waals surface area contributed by atoms with Gasteiger partial charge in [-0.2, -0.15) is 11.8 Å². The Morgan fingerprint density at radius 3 is 2.73 bits per heavy atom. The summed E-state index contributed by atoms with van der Waals surface area (Å²) >= 11 is 1.87. The lowest BCUT2D eigenvalue weighted by molar-refractivity contribution is 0.283. The molecule has 0 aromatic carbocycles. The van der Waals surface area contributed by atoms with Crippen LogP contribution in [0, 0.1) is 0 Å². The number of hydrogen-bond acceptors (Lipinski definition) is 3. The third kappa shape index (κ3) is 6.66. The van der Waals surface area contributed by atoms with Crippen molar-refractivity contribution in [2.45, 2.75) is 25.8 Å². The standard InChI is InChI=1S/C8H19NOS/c1-3-8(7-11-2)9-5-4-6-10/h8-10H,3-7H2,1-2H3. The van der Waals surface area contributed by atoms with Crippen molar-refractivity contribution in [2.24, 2.45) is 0 Å². The van der Waals surface area contributed by atoms with E-state index in [9.17, 15) is 0 Å². The number of nitrogens with one attached hydrogen (secondary N) is 1. The molecule has 0 amide bonds. The predicted octanol–water partition coefficient (Wildman–Crippen LogP) is 1.10. The maximum atomic E-state index is 8.54. The van der Waals surface area contributed by atoms with E-state index in [-0.39, 0.29) is 0 Å². The molecule has 0 spiro atoms. The molecule has 2 nitrogen and oxygen atoms in total. The third-order valence-corrected chi connectivity index (χ3v) is 2.36. The highest BCUT2D eigenvalue weighted by atomic mass is 32.2. The smallest absolute Gasteiger partial charge is 0.0443 e. The van der Waals surface area contributed by atoms with Crippen molar-refractivity contribution in [3.8, 4) is 0 Å². The molecular formula is C8H19NOS. The molecule has 0 aromatic rings. The Morgan fingerprint density at radius 1 is 1.55 bits per heavy atom. The van der Waals surface area contributed by atoms with Gasteiger partial charge in [0.25, 0.3) is 0 Å². The van der Waals surface area contributed by atoms with Gasteiger partial charge in [0.05, 0.1) is 0 Å². The van der Waals surface area contributed by atoms with E-state index in [0.717, 1.165) is 13.0 Å². The molecule has 1 atom stereocenters. The van der Waals surface area contributed by atoms with Gasteiger partial charge in [0.1, 0.15) is 0 Å². The van der Waals surface area contributed by atoms with Crippen molar-refractivity contribution >= 4 is 11.8 Å². The molecule has 0 bridgehead atoms. The quantitative estimate of drug-likeness (QED) is 0.571. The number of rotatable bonds is 7.